The molecule has 0 spiro atoms. The first-order chi connectivity index (χ1) is 13.3. The molecule has 3 rings (SSSR count). The third-order valence-corrected chi connectivity index (χ3v) is 6.06. The van der Waals surface area contributed by atoms with E-state index in [4.69, 9.17) is 35.4 Å². The summed E-state index contributed by atoms with van der Waals surface area (Å²) < 4.78 is 0. The number of aromatic hydroxyl groups is 2. The topological polar surface area (TPSA) is 55.7 Å². The van der Waals surface area contributed by atoms with Gasteiger partial charge >= 0.3 is 0 Å². The van der Waals surface area contributed by atoms with Gasteiger partial charge in [0.1, 0.15) is 0 Å². The minimum absolute atomic E-state index is 0.0365. The molecule has 0 aliphatic carbocycles. The van der Waals surface area contributed by atoms with E-state index in [0.29, 0.717) is 21.7 Å². The normalized spacial score (nSPS) is 16.2. The first-order valence-electron chi connectivity index (χ1n) is 9.31. The Morgan fingerprint density at radius 3 is 2.61 bits per heavy atom. The average Bonchev–Trinajstić information content (AvgIpc) is 2.63. The Morgan fingerprint density at radius 1 is 1.21 bits per heavy atom. The predicted octanol–water partition coefficient (Wildman–Crippen LogP) is 5.08. The molecule has 1 unspecified atom stereocenters. The summed E-state index contributed by atoms with van der Waals surface area (Å²) in [5.41, 5.74) is 3.09. The van der Waals surface area contributed by atoms with E-state index in [1.54, 1.807) is 18.2 Å². The molecule has 7 heteroatoms. The Morgan fingerprint density at radius 2 is 1.93 bits per heavy atom. The van der Waals surface area contributed by atoms with E-state index in [1.807, 2.05) is 12.1 Å². The number of hydrogen-bond donors (Lipinski definition) is 3. The van der Waals surface area contributed by atoms with Crippen molar-refractivity contribution in [3.8, 4) is 11.5 Å². The number of rotatable bonds is 4. The highest BCUT2D eigenvalue weighted by Gasteiger charge is 2.32. The van der Waals surface area contributed by atoms with Crippen molar-refractivity contribution >= 4 is 40.5 Å². The lowest BCUT2D eigenvalue weighted by Crippen LogP contribution is -2.47. The highest BCUT2D eigenvalue weighted by molar-refractivity contribution is 7.80. The van der Waals surface area contributed by atoms with Gasteiger partial charge in [-0.15, -0.1) is 0 Å². The second-order valence-corrected chi connectivity index (χ2v) is 8.62. The number of nitrogens with one attached hydrogen (secondary N) is 1. The molecule has 4 nitrogen and oxygen atoms in total. The van der Waals surface area contributed by atoms with Crippen molar-refractivity contribution in [3.05, 3.63) is 57.1 Å². The number of thiocarbonyl (C=S) groups is 1. The quantitative estimate of drug-likeness (QED) is 0.459. The fraction of sp³-hybridized carbons (Fsp3) is 0.381. The Hall–Kier alpha value is -1.69. The Kier molecular flexibility index (Phi) is 6.58. The van der Waals surface area contributed by atoms with E-state index in [0.717, 1.165) is 36.1 Å². The van der Waals surface area contributed by atoms with Gasteiger partial charge in [-0.05, 0) is 71.9 Å². The first kappa shape index (κ1) is 21.0. The van der Waals surface area contributed by atoms with E-state index < -0.39 is 0 Å². The summed E-state index contributed by atoms with van der Waals surface area (Å²) in [6, 6.07) is 8.87. The van der Waals surface area contributed by atoms with Crippen LogP contribution in [0.15, 0.2) is 30.3 Å². The van der Waals surface area contributed by atoms with Crippen LogP contribution in [0.25, 0.3) is 0 Å². The number of benzene rings is 2. The maximum absolute atomic E-state index is 9.97. The van der Waals surface area contributed by atoms with Crippen molar-refractivity contribution in [1.82, 2.24) is 10.2 Å². The van der Waals surface area contributed by atoms with Gasteiger partial charge in [0.25, 0.3) is 0 Å². The smallest absolute Gasteiger partial charge is 0.169 e. The fourth-order valence-electron chi connectivity index (χ4n) is 3.75. The second kappa shape index (κ2) is 8.76. The summed E-state index contributed by atoms with van der Waals surface area (Å²) >= 11 is 17.9. The molecule has 150 valence electrons. The molecule has 1 atom stereocenters. The van der Waals surface area contributed by atoms with Gasteiger partial charge in [-0.25, -0.2) is 0 Å². The van der Waals surface area contributed by atoms with Crippen LogP contribution in [0.5, 0.6) is 11.5 Å². The van der Waals surface area contributed by atoms with Gasteiger partial charge in [0.2, 0.25) is 0 Å². The van der Waals surface area contributed by atoms with Crippen LogP contribution in [0.3, 0.4) is 0 Å². The zero-order chi connectivity index (χ0) is 20.4. The van der Waals surface area contributed by atoms with Crippen molar-refractivity contribution in [3.63, 3.8) is 0 Å². The van der Waals surface area contributed by atoms with Crippen molar-refractivity contribution in [1.29, 1.82) is 0 Å². The minimum atomic E-state index is -0.0949. The largest absolute Gasteiger partial charge is 0.504 e. The number of phenols is 2. The van der Waals surface area contributed by atoms with Gasteiger partial charge in [-0.3, -0.25) is 0 Å². The van der Waals surface area contributed by atoms with Gasteiger partial charge in [-0.1, -0.05) is 43.1 Å². The average molecular weight is 439 g/mol. The molecule has 28 heavy (non-hydrogen) atoms. The molecular formula is C21H24Cl2N2O2S. The van der Waals surface area contributed by atoms with E-state index >= 15 is 0 Å². The SMILES string of the molecule is CC(C)C1c2cc(O)c(O)cc2CCN1C(=S)NCCc1ccc(Cl)cc1Cl. The van der Waals surface area contributed by atoms with Gasteiger partial charge < -0.3 is 20.4 Å². The highest BCUT2D eigenvalue weighted by atomic mass is 35.5. The molecule has 2 aromatic carbocycles. The third-order valence-electron chi connectivity index (χ3n) is 5.09. The van der Waals surface area contributed by atoms with Crippen LogP contribution < -0.4 is 5.32 Å². The lowest BCUT2D eigenvalue weighted by Gasteiger charge is -2.41. The Labute approximate surface area is 181 Å². The molecule has 0 saturated carbocycles. The highest BCUT2D eigenvalue weighted by Crippen LogP contribution is 2.40. The lowest BCUT2D eigenvalue weighted by molar-refractivity contribution is 0.233. The number of phenolic OH excluding ortho intramolecular Hbond substituents is 2. The molecule has 0 amide bonds. The van der Waals surface area contributed by atoms with Crippen LogP contribution in [-0.4, -0.2) is 33.3 Å². The first-order valence-corrected chi connectivity index (χ1v) is 10.5. The zero-order valence-corrected chi connectivity index (χ0v) is 18.2. The molecule has 1 heterocycles. The summed E-state index contributed by atoms with van der Waals surface area (Å²) in [7, 11) is 0. The summed E-state index contributed by atoms with van der Waals surface area (Å²) in [6.07, 6.45) is 1.50. The predicted molar refractivity (Wildman–Crippen MR) is 119 cm³/mol. The van der Waals surface area contributed by atoms with Crippen molar-refractivity contribution < 1.29 is 10.2 Å². The van der Waals surface area contributed by atoms with Crippen molar-refractivity contribution in [2.24, 2.45) is 5.92 Å². The number of halogens is 2. The van der Waals surface area contributed by atoms with Crippen LogP contribution >= 0.6 is 35.4 Å². The molecule has 0 radical (unpaired) electrons. The molecule has 0 fully saturated rings. The Balaban J connectivity index is 1.71. The summed E-state index contributed by atoms with van der Waals surface area (Å²) in [4.78, 5) is 2.17. The second-order valence-electron chi connectivity index (χ2n) is 7.39. The van der Waals surface area contributed by atoms with Gasteiger partial charge in [0, 0.05) is 23.1 Å². The summed E-state index contributed by atoms with van der Waals surface area (Å²) in [5, 5.41) is 25.1. The molecule has 0 aromatic heterocycles. The van der Waals surface area contributed by atoms with Crippen LogP contribution in [-0.2, 0) is 12.8 Å². The molecular weight excluding hydrogens is 415 g/mol. The van der Waals surface area contributed by atoms with Gasteiger partial charge in [0.15, 0.2) is 16.6 Å². The van der Waals surface area contributed by atoms with E-state index in [-0.39, 0.29) is 23.5 Å². The van der Waals surface area contributed by atoms with Crippen LogP contribution in [0.2, 0.25) is 10.0 Å². The maximum Gasteiger partial charge on any atom is 0.169 e. The third kappa shape index (κ3) is 4.48. The van der Waals surface area contributed by atoms with Crippen molar-refractivity contribution in [2.75, 3.05) is 13.1 Å². The van der Waals surface area contributed by atoms with E-state index in [1.165, 1.54) is 0 Å². The molecule has 0 saturated heterocycles. The fourth-order valence-corrected chi connectivity index (χ4v) is 4.56. The summed E-state index contributed by atoms with van der Waals surface area (Å²) in [5.74, 6) is 0.117. The van der Waals surface area contributed by atoms with Gasteiger partial charge in [-0.2, -0.15) is 0 Å². The number of hydrogen-bond acceptors (Lipinski definition) is 3. The van der Waals surface area contributed by atoms with Crippen LogP contribution in [0.1, 0.15) is 36.6 Å². The number of nitrogens with zero attached hydrogens (tertiary/aromatic N) is 1. The van der Waals surface area contributed by atoms with E-state index in [2.05, 4.69) is 24.1 Å². The molecule has 1 aliphatic heterocycles. The molecule has 0 bridgehead atoms. The lowest BCUT2D eigenvalue weighted by atomic mass is 9.86. The van der Waals surface area contributed by atoms with Crippen LogP contribution in [0, 0.1) is 5.92 Å². The number of fused-ring (bicyclic) bond motifs is 1. The monoisotopic (exact) mass is 438 g/mol. The van der Waals surface area contributed by atoms with Crippen molar-refractivity contribution in [2.45, 2.75) is 32.7 Å². The maximum atomic E-state index is 9.97. The van der Waals surface area contributed by atoms with E-state index in [9.17, 15) is 10.2 Å². The minimum Gasteiger partial charge on any atom is -0.504 e. The van der Waals surface area contributed by atoms with Gasteiger partial charge in [0.05, 0.1) is 6.04 Å². The molecule has 1 aliphatic rings. The molecule has 2 aromatic rings. The van der Waals surface area contributed by atoms with Crippen LogP contribution in [0.4, 0.5) is 0 Å². The zero-order valence-electron chi connectivity index (χ0n) is 15.9. The Bertz CT molecular complexity index is 889. The summed E-state index contributed by atoms with van der Waals surface area (Å²) in [6.45, 7) is 5.68. The molecule has 3 N–H and O–H groups in total. The standard InChI is InChI=1S/C21H24Cl2N2O2S/c1-12(2)20-16-11-19(27)18(26)9-14(16)6-8-25(20)21(28)24-7-5-13-3-4-15(22)10-17(13)23/h3-4,9-12,20,26-27H,5-8H2,1-2H3,(H,24,28).